The van der Waals surface area contributed by atoms with Gasteiger partial charge in [-0.15, -0.1) is 34.0 Å². The summed E-state index contributed by atoms with van der Waals surface area (Å²) in [5.41, 5.74) is 2.56. The summed E-state index contributed by atoms with van der Waals surface area (Å²) in [4.78, 5) is 24.6. The van der Waals surface area contributed by atoms with Crippen molar-refractivity contribution in [3.8, 4) is 21.1 Å². The maximum atomic E-state index is 12.7. The van der Waals surface area contributed by atoms with E-state index >= 15 is 0 Å². The lowest BCUT2D eigenvalue weighted by molar-refractivity contribution is 0.103. The van der Waals surface area contributed by atoms with Gasteiger partial charge in [-0.3, -0.25) is 10.1 Å². The zero-order valence-electron chi connectivity index (χ0n) is 14.4. The molecular formula is C19H14ClN3OS3. The summed E-state index contributed by atoms with van der Waals surface area (Å²) in [6.45, 7) is 3.85. The number of anilines is 1. The minimum absolute atomic E-state index is 0.177. The van der Waals surface area contributed by atoms with Crippen molar-refractivity contribution in [3.05, 3.63) is 62.2 Å². The van der Waals surface area contributed by atoms with Gasteiger partial charge in [0.1, 0.15) is 9.88 Å². The molecule has 0 saturated carbocycles. The smallest absolute Gasteiger partial charge is 0.269 e. The maximum Gasteiger partial charge on any atom is 0.269 e. The highest BCUT2D eigenvalue weighted by molar-refractivity contribution is 7.22. The number of aryl methyl sites for hydroxylation is 2. The van der Waals surface area contributed by atoms with E-state index in [1.165, 1.54) is 22.7 Å². The fourth-order valence-electron chi connectivity index (χ4n) is 2.59. The van der Waals surface area contributed by atoms with Crippen molar-refractivity contribution in [3.63, 3.8) is 0 Å². The Morgan fingerprint density at radius 3 is 2.56 bits per heavy atom. The lowest BCUT2D eigenvalue weighted by atomic mass is 10.1. The minimum Gasteiger partial charge on any atom is -0.297 e. The number of thiazole rings is 2. The Morgan fingerprint density at radius 2 is 1.85 bits per heavy atom. The molecule has 0 unspecified atom stereocenters. The van der Waals surface area contributed by atoms with E-state index in [1.54, 1.807) is 11.3 Å². The Morgan fingerprint density at radius 1 is 1.07 bits per heavy atom. The van der Waals surface area contributed by atoms with Crippen molar-refractivity contribution in [1.82, 2.24) is 9.97 Å². The lowest BCUT2D eigenvalue weighted by Crippen LogP contribution is -2.11. The Labute approximate surface area is 173 Å². The molecule has 0 fully saturated rings. The van der Waals surface area contributed by atoms with E-state index in [9.17, 15) is 4.79 Å². The number of thiophene rings is 1. The number of benzene rings is 1. The van der Waals surface area contributed by atoms with Crippen LogP contribution in [0.5, 0.6) is 0 Å². The van der Waals surface area contributed by atoms with Crippen molar-refractivity contribution in [2.24, 2.45) is 0 Å². The second-order valence-corrected chi connectivity index (χ2v) is 9.38. The number of aromatic nitrogens is 2. The van der Waals surface area contributed by atoms with E-state index in [0.717, 1.165) is 31.7 Å². The molecule has 0 saturated heterocycles. The number of carbonyl (C=O) groups is 1. The second kappa shape index (κ2) is 7.52. The molecule has 27 heavy (non-hydrogen) atoms. The first-order valence-electron chi connectivity index (χ1n) is 8.07. The molecule has 0 radical (unpaired) electrons. The van der Waals surface area contributed by atoms with E-state index in [2.05, 4.69) is 15.3 Å². The van der Waals surface area contributed by atoms with Gasteiger partial charge in [-0.25, -0.2) is 9.97 Å². The molecule has 1 amide bonds. The van der Waals surface area contributed by atoms with Gasteiger partial charge in [0.05, 0.1) is 16.3 Å². The van der Waals surface area contributed by atoms with Gasteiger partial charge in [0.25, 0.3) is 5.91 Å². The molecule has 0 aliphatic heterocycles. The summed E-state index contributed by atoms with van der Waals surface area (Å²) in [6.07, 6.45) is 0. The zero-order valence-corrected chi connectivity index (χ0v) is 17.7. The molecule has 0 aliphatic carbocycles. The first kappa shape index (κ1) is 18.3. The summed E-state index contributed by atoms with van der Waals surface area (Å²) in [5.74, 6) is -0.177. The van der Waals surface area contributed by atoms with Crippen LogP contribution in [0.1, 0.15) is 20.2 Å². The van der Waals surface area contributed by atoms with Crippen LogP contribution in [0.2, 0.25) is 5.02 Å². The fourth-order valence-corrected chi connectivity index (χ4v) is 5.31. The molecule has 0 atom stereocenters. The highest BCUT2D eigenvalue weighted by Gasteiger charge is 2.19. The highest BCUT2D eigenvalue weighted by atomic mass is 35.5. The van der Waals surface area contributed by atoms with Crippen molar-refractivity contribution in [1.29, 1.82) is 0 Å². The summed E-state index contributed by atoms with van der Waals surface area (Å²) < 4.78 is 0. The normalized spacial score (nSPS) is 10.9. The minimum atomic E-state index is -0.177. The number of halogens is 1. The fraction of sp³-hybridized carbons (Fsp3) is 0.105. The topological polar surface area (TPSA) is 54.9 Å². The quantitative estimate of drug-likeness (QED) is 0.400. The predicted octanol–water partition coefficient (Wildman–Crippen LogP) is 6.52. The largest absolute Gasteiger partial charge is 0.297 e. The third kappa shape index (κ3) is 3.82. The summed E-state index contributed by atoms with van der Waals surface area (Å²) in [5, 5.41) is 7.04. The molecule has 1 N–H and O–H groups in total. The van der Waals surface area contributed by atoms with E-state index in [-0.39, 0.29) is 5.91 Å². The molecule has 4 nitrogen and oxygen atoms in total. The van der Waals surface area contributed by atoms with Crippen LogP contribution in [-0.2, 0) is 0 Å². The van der Waals surface area contributed by atoms with Gasteiger partial charge in [-0.05, 0) is 37.4 Å². The molecule has 4 rings (SSSR count). The Balaban J connectivity index is 1.57. The first-order valence-corrected chi connectivity index (χ1v) is 11.0. The lowest BCUT2D eigenvalue weighted by Gasteiger charge is -2.00. The number of amides is 1. The molecule has 8 heteroatoms. The number of nitrogens with zero attached hydrogens (tertiary/aromatic N) is 2. The van der Waals surface area contributed by atoms with Crippen LogP contribution in [0.4, 0.5) is 5.13 Å². The van der Waals surface area contributed by atoms with Crippen molar-refractivity contribution in [2.45, 2.75) is 13.8 Å². The van der Waals surface area contributed by atoms with E-state index in [1.807, 2.05) is 55.6 Å². The molecular weight excluding hydrogens is 418 g/mol. The van der Waals surface area contributed by atoms with Gasteiger partial charge in [-0.2, -0.15) is 0 Å². The molecule has 0 aliphatic rings. The summed E-state index contributed by atoms with van der Waals surface area (Å²) in [6, 6.07) is 11.5. The first-order chi connectivity index (χ1) is 13.0. The van der Waals surface area contributed by atoms with Crippen LogP contribution in [0.3, 0.4) is 0 Å². The van der Waals surface area contributed by atoms with Gasteiger partial charge < -0.3 is 0 Å². The van der Waals surface area contributed by atoms with Crippen LogP contribution < -0.4 is 5.32 Å². The molecule has 0 bridgehead atoms. The Hall–Kier alpha value is -2.06. The van der Waals surface area contributed by atoms with Gasteiger partial charge in [-0.1, -0.05) is 29.8 Å². The van der Waals surface area contributed by atoms with Gasteiger partial charge in [0.15, 0.2) is 5.13 Å². The third-order valence-electron chi connectivity index (χ3n) is 3.87. The molecule has 1 aromatic carbocycles. The number of hydrogen-bond donors (Lipinski definition) is 1. The van der Waals surface area contributed by atoms with E-state index < -0.39 is 0 Å². The highest BCUT2D eigenvalue weighted by Crippen LogP contribution is 2.33. The second-order valence-electron chi connectivity index (χ2n) is 5.80. The van der Waals surface area contributed by atoms with Crippen LogP contribution in [-0.4, -0.2) is 15.9 Å². The maximum absolute atomic E-state index is 12.7. The van der Waals surface area contributed by atoms with E-state index in [4.69, 9.17) is 11.6 Å². The standard InChI is InChI=1S/C19H14ClN3OS3/c1-10-16(27-18(21-10)14-4-3-9-25-14)17(24)23-19-22-15(11(2)26-19)12-5-7-13(20)8-6-12/h3-9H,1-2H3,(H,22,23,24). The van der Waals surface area contributed by atoms with Gasteiger partial charge in [0, 0.05) is 15.5 Å². The summed E-state index contributed by atoms with van der Waals surface area (Å²) >= 11 is 10.4. The molecule has 136 valence electrons. The third-order valence-corrected chi connectivity index (χ3v) is 7.20. The average Bonchev–Trinajstić information content (AvgIpc) is 3.36. The SMILES string of the molecule is Cc1nc(-c2cccs2)sc1C(=O)Nc1nc(-c2ccc(Cl)cc2)c(C)s1. The number of carbonyl (C=O) groups excluding carboxylic acids is 1. The molecule has 3 aromatic heterocycles. The van der Waals surface area contributed by atoms with Gasteiger partial charge in [0.2, 0.25) is 0 Å². The molecule has 3 heterocycles. The monoisotopic (exact) mass is 431 g/mol. The molecule has 4 aromatic rings. The zero-order chi connectivity index (χ0) is 19.0. The number of hydrogen-bond acceptors (Lipinski definition) is 6. The molecule has 0 spiro atoms. The summed E-state index contributed by atoms with van der Waals surface area (Å²) in [7, 11) is 0. The Bertz CT molecular complexity index is 1100. The van der Waals surface area contributed by atoms with Crippen LogP contribution in [0.25, 0.3) is 21.1 Å². The van der Waals surface area contributed by atoms with Gasteiger partial charge >= 0.3 is 0 Å². The van der Waals surface area contributed by atoms with Crippen LogP contribution in [0, 0.1) is 13.8 Å². The predicted molar refractivity (Wildman–Crippen MR) is 115 cm³/mol. The number of rotatable bonds is 4. The number of nitrogens with one attached hydrogen (secondary N) is 1. The van der Waals surface area contributed by atoms with Crippen LogP contribution in [0.15, 0.2) is 41.8 Å². The van der Waals surface area contributed by atoms with Crippen molar-refractivity contribution >= 4 is 56.7 Å². The average molecular weight is 432 g/mol. The van der Waals surface area contributed by atoms with E-state index in [0.29, 0.717) is 15.0 Å². The Kier molecular flexibility index (Phi) is 5.10. The van der Waals surface area contributed by atoms with Crippen molar-refractivity contribution < 1.29 is 4.79 Å². The van der Waals surface area contributed by atoms with Crippen LogP contribution >= 0.6 is 45.6 Å². The van der Waals surface area contributed by atoms with Crippen molar-refractivity contribution in [2.75, 3.05) is 5.32 Å².